The van der Waals surface area contributed by atoms with Crippen molar-refractivity contribution in [2.75, 3.05) is 6.54 Å². The number of carbonyl (C=O) groups is 1. The fourth-order valence-electron chi connectivity index (χ4n) is 2.92. The Labute approximate surface area is 124 Å². The maximum Gasteiger partial charge on any atom is 0.237 e. The summed E-state index contributed by atoms with van der Waals surface area (Å²) in [5.74, 6) is 0.139. The monoisotopic (exact) mass is 300 g/mol. The summed E-state index contributed by atoms with van der Waals surface area (Å²) >= 11 is 5.98. The number of aryl methyl sites for hydroxylation is 1. The summed E-state index contributed by atoms with van der Waals surface area (Å²) in [4.78, 5) is 12.1. The van der Waals surface area contributed by atoms with Crippen LogP contribution >= 0.6 is 24.0 Å². The Balaban J connectivity index is 0.00000133. The number of amides is 1. The summed E-state index contributed by atoms with van der Waals surface area (Å²) in [6.45, 7) is 0.953. The summed E-state index contributed by atoms with van der Waals surface area (Å²) in [7, 11) is 0. The molecule has 104 valence electrons. The van der Waals surface area contributed by atoms with Crippen LogP contribution < -0.4 is 10.6 Å². The van der Waals surface area contributed by atoms with E-state index in [0.29, 0.717) is 0 Å². The van der Waals surface area contributed by atoms with Crippen molar-refractivity contribution in [3.8, 4) is 0 Å². The number of halogens is 2. The molecule has 1 amide bonds. The van der Waals surface area contributed by atoms with Gasteiger partial charge in [-0.3, -0.25) is 4.79 Å². The van der Waals surface area contributed by atoms with E-state index in [2.05, 4.69) is 10.6 Å². The van der Waals surface area contributed by atoms with Gasteiger partial charge < -0.3 is 10.6 Å². The molecule has 1 aromatic rings. The van der Waals surface area contributed by atoms with E-state index in [-0.39, 0.29) is 30.4 Å². The fourth-order valence-corrected chi connectivity index (χ4v) is 3.11. The molecule has 0 aromatic heterocycles. The first-order valence-electron chi connectivity index (χ1n) is 6.56. The van der Waals surface area contributed by atoms with Gasteiger partial charge in [0.05, 0.1) is 12.1 Å². The average molecular weight is 301 g/mol. The van der Waals surface area contributed by atoms with Crippen molar-refractivity contribution in [2.24, 2.45) is 0 Å². The molecule has 3 nitrogen and oxygen atoms in total. The summed E-state index contributed by atoms with van der Waals surface area (Å²) in [6.07, 6.45) is 4.02. The molecule has 1 saturated heterocycles. The zero-order chi connectivity index (χ0) is 12.5. The van der Waals surface area contributed by atoms with Crippen molar-refractivity contribution >= 4 is 29.9 Å². The summed E-state index contributed by atoms with van der Waals surface area (Å²) in [6, 6.07) is 6.11. The van der Waals surface area contributed by atoms with Gasteiger partial charge in [0.25, 0.3) is 0 Å². The predicted molar refractivity (Wildman–Crippen MR) is 78.9 cm³/mol. The molecular formula is C14H18Cl2N2O. The third kappa shape index (κ3) is 3.04. The summed E-state index contributed by atoms with van der Waals surface area (Å²) < 4.78 is 0. The molecule has 1 fully saturated rings. The number of rotatable bonds is 2. The van der Waals surface area contributed by atoms with Gasteiger partial charge in [0.2, 0.25) is 5.91 Å². The molecule has 0 radical (unpaired) electrons. The number of fused-ring (bicyclic) bond motifs is 1. The minimum Gasteiger partial charge on any atom is -0.348 e. The Bertz CT molecular complexity index is 473. The zero-order valence-electron chi connectivity index (χ0n) is 10.6. The van der Waals surface area contributed by atoms with Crippen molar-refractivity contribution in [3.63, 3.8) is 0 Å². The van der Waals surface area contributed by atoms with Gasteiger partial charge in [0.1, 0.15) is 0 Å². The second kappa shape index (κ2) is 6.12. The van der Waals surface area contributed by atoms with Gasteiger partial charge in [-0.05, 0) is 55.5 Å². The van der Waals surface area contributed by atoms with Crippen molar-refractivity contribution < 1.29 is 4.79 Å². The van der Waals surface area contributed by atoms with Crippen LogP contribution in [0.4, 0.5) is 0 Å². The highest BCUT2D eigenvalue weighted by atomic mass is 35.5. The Hall–Kier alpha value is -0.770. The Morgan fingerprint density at radius 3 is 2.95 bits per heavy atom. The van der Waals surface area contributed by atoms with E-state index in [0.717, 1.165) is 37.3 Å². The maximum atomic E-state index is 12.1. The summed E-state index contributed by atoms with van der Waals surface area (Å²) in [5.41, 5.74) is 2.50. The number of nitrogens with one attached hydrogen (secondary N) is 2. The van der Waals surface area contributed by atoms with Crippen molar-refractivity contribution in [3.05, 3.63) is 34.3 Å². The molecule has 2 aliphatic rings. The maximum absolute atomic E-state index is 12.1. The average Bonchev–Trinajstić information content (AvgIpc) is 2.98. The van der Waals surface area contributed by atoms with E-state index in [1.807, 2.05) is 18.2 Å². The molecule has 1 aromatic carbocycles. The second-order valence-corrected chi connectivity index (χ2v) is 5.53. The predicted octanol–water partition coefficient (Wildman–Crippen LogP) is 2.62. The third-order valence-corrected chi connectivity index (χ3v) is 4.11. The Kier molecular flexibility index (Phi) is 4.71. The van der Waals surface area contributed by atoms with Gasteiger partial charge in [-0.15, -0.1) is 12.4 Å². The first-order chi connectivity index (χ1) is 8.74. The number of benzene rings is 1. The molecule has 2 atom stereocenters. The Morgan fingerprint density at radius 2 is 2.21 bits per heavy atom. The van der Waals surface area contributed by atoms with E-state index in [9.17, 15) is 4.79 Å². The molecule has 2 unspecified atom stereocenters. The van der Waals surface area contributed by atoms with E-state index < -0.39 is 0 Å². The quantitative estimate of drug-likeness (QED) is 0.881. The largest absolute Gasteiger partial charge is 0.348 e. The third-order valence-electron chi connectivity index (χ3n) is 3.88. The van der Waals surface area contributed by atoms with Gasteiger partial charge in [-0.1, -0.05) is 17.7 Å². The van der Waals surface area contributed by atoms with Crippen LogP contribution in [0.1, 0.15) is 36.4 Å². The van der Waals surface area contributed by atoms with Crippen molar-refractivity contribution in [1.82, 2.24) is 10.6 Å². The molecule has 0 saturated carbocycles. The highest BCUT2D eigenvalue weighted by Gasteiger charge is 2.28. The van der Waals surface area contributed by atoms with E-state index in [1.165, 1.54) is 11.1 Å². The molecule has 1 aliphatic carbocycles. The smallest absolute Gasteiger partial charge is 0.237 e. The van der Waals surface area contributed by atoms with E-state index in [4.69, 9.17) is 11.6 Å². The highest BCUT2D eigenvalue weighted by Crippen LogP contribution is 2.32. The van der Waals surface area contributed by atoms with Crippen LogP contribution in [0.2, 0.25) is 5.02 Å². The van der Waals surface area contributed by atoms with Crippen LogP contribution in [0.3, 0.4) is 0 Å². The lowest BCUT2D eigenvalue weighted by molar-refractivity contribution is -0.123. The number of hydrogen-bond donors (Lipinski definition) is 2. The molecule has 0 spiro atoms. The lowest BCUT2D eigenvalue weighted by Crippen LogP contribution is -2.41. The molecule has 5 heteroatoms. The standard InChI is InChI=1S/C14H17ClN2O.ClH/c15-10-4-5-11-9(8-10)3-6-12(11)17-14(18)13-2-1-7-16-13;/h4-5,8,12-13,16H,1-3,6-7H2,(H,17,18);1H. The minimum atomic E-state index is 0. The molecule has 19 heavy (non-hydrogen) atoms. The van der Waals surface area contributed by atoms with E-state index >= 15 is 0 Å². The number of carbonyl (C=O) groups excluding carboxylic acids is 1. The summed E-state index contributed by atoms with van der Waals surface area (Å²) in [5, 5.41) is 7.16. The Morgan fingerprint density at radius 1 is 1.37 bits per heavy atom. The topological polar surface area (TPSA) is 41.1 Å². The van der Waals surface area contributed by atoms with Crippen LogP contribution in [0, 0.1) is 0 Å². The highest BCUT2D eigenvalue weighted by molar-refractivity contribution is 6.30. The van der Waals surface area contributed by atoms with Gasteiger partial charge in [-0.2, -0.15) is 0 Å². The molecule has 1 aliphatic heterocycles. The first kappa shape index (κ1) is 14.6. The van der Waals surface area contributed by atoms with Crippen molar-refractivity contribution in [1.29, 1.82) is 0 Å². The lowest BCUT2D eigenvalue weighted by Gasteiger charge is -2.17. The van der Waals surface area contributed by atoms with Gasteiger partial charge in [-0.25, -0.2) is 0 Å². The van der Waals surface area contributed by atoms with Gasteiger partial charge in [0.15, 0.2) is 0 Å². The normalized spacial score (nSPS) is 24.7. The van der Waals surface area contributed by atoms with Crippen LogP contribution in [-0.4, -0.2) is 18.5 Å². The fraction of sp³-hybridized carbons (Fsp3) is 0.500. The molecule has 0 bridgehead atoms. The van der Waals surface area contributed by atoms with Crippen LogP contribution in [0.15, 0.2) is 18.2 Å². The van der Waals surface area contributed by atoms with Crippen LogP contribution in [-0.2, 0) is 11.2 Å². The van der Waals surface area contributed by atoms with Gasteiger partial charge >= 0.3 is 0 Å². The molecule has 1 heterocycles. The molecule has 3 rings (SSSR count). The van der Waals surface area contributed by atoms with Gasteiger partial charge in [0, 0.05) is 5.02 Å². The minimum absolute atomic E-state index is 0. The van der Waals surface area contributed by atoms with Crippen LogP contribution in [0.25, 0.3) is 0 Å². The second-order valence-electron chi connectivity index (χ2n) is 5.09. The van der Waals surface area contributed by atoms with Crippen molar-refractivity contribution in [2.45, 2.75) is 37.8 Å². The molecular weight excluding hydrogens is 283 g/mol. The first-order valence-corrected chi connectivity index (χ1v) is 6.94. The SMILES string of the molecule is Cl.O=C(NC1CCc2cc(Cl)ccc21)C1CCCN1. The van der Waals surface area contributed by atoms with E-state index in [1.54, 1.807) is 0 Å². The lowest BCUT2D eigenvalue weighted by atomic mass is 10.1. The number of hydrogen-bond acceptors (Lipinski definition) is 2. The van der Waals surface area contributed by atoms with Crippen LogP contribution in [0.5, 0.6) is 0 Å². The zero-order valence-corrected chi connectivity index (χ0v) is 12.2. The molecule has 2 N–H and O–H groups in total.